The van der Waals surface area contributed by atoms with Gasteiger partial charge in [-0.05, 0) is 25.5 Å². The summed E-state index contributed by atoms with van der Waals surface area (Å²) >= 11 is 5.75. The molecule has 0 saturated carbocycles. The summed E-state index contributed by atoms with van der Waals surface area (Å²) in [5.41, 5.74) is -0.105. The Morgan fingerprint density at radius 1 is 1.47 bits per heavy atom. The highest BCUT2D eigenvalue weighted by atomic mass is 35.5. The third-order valence-electron chi connectivity index (χ3n) is 2.37. The van der Waals surface area contributed by atoms with Crippen molar-refractivity contribution in [3.05, 3.63) is 29.0 Å². The summed E-state index contributed by atoms with van der Waals surface area (Å²) in [7, 11) is 0. The lowest BCUT2D eigenvalue weighted by atomic mass is 10.2. The Labute approximate surface area is 114 Å². The highest BCUT2D eigenvalue weighted by Crippen LogP contribution is 2.24. The summed E-state index contributed by atoms with van der Waals surface area (Å²) in [5.74, 6) is -1.58. The van der Waals surface area contributed by atoms with Crippen LogP contribution in [0.1, 0.15) is 19.8 Å². The highest BCUT2D eigenvalue weighted by molar-refractivity contribution is 6.33. The van der Waals surface area contributed by atoms with Crippen molar-refractivity contribution in [3.63, 3.8) is 0 Å². The monoisotopic (exact) mass is 288 g/mol. The van der Waals surface area contributed by atoms with Crippen LogP contribution in [0.5, 0.6) is 0 Å². The zero-order chi connectivity index (χ0) is 14.4. The number of carboxylic acids is 1. The number of nitrogens with one attached hydrogen (secondary N) is 2. The molecule has 1 rings (SSSR count). The third-order valence-corrected chi connectivity index (χ3v) is 2.68. The second-order valence-corrected chi connectivity index (χ2v) is 4.44. The number of amides is 2. The van der Waals surface area contributed by atoms with E-state index in [4.69, 9.17) is 16.7 Å². The van der Waals surface area contributed by atoms with E-state index in [1.165, 1.54) is 18.2 Å². The molecule has 0 saturated heterocycles. The van der Waals surface area contributed by atoms with Gasteiger partial charge in [0.25, 0.3) is 0 Å². The van der Waals surface area contributed by atoms with E-state index in [2.05, 4.69) is 10.6 Å². The van der Waals surface area contributed by atoms with E-state index in [-0.39, 0.29) is 29.6 Å². The van der Waals surface area contributed by atoms with E-state index in [1.807, 2.05) is 0 Å². The largest absolute Gasteiger partial charge is 0.481 e. The predicted octanol–water partition coefficient (Wildman–Crippen LogP) is 2.85. The Balaban J connectivity index is 2.53. The number of aliphatic carboxylic acids is 1. The number of hydrogen-bond acceptors (Lipinski definition) is 2. The first kappa shape index (κ1) is 15.2. The van der Waals surface area contributed by atoms with E-state index >= 15 is 0 Å². The lowest BCUT2D eigenvalue weighted by Crippen LogP contribution is -2.36. The van der Waals surface area contributed by atoms with Gasteiger partial charge in [-0.15, -0.1) is 0 Å². The summed E-state index contributed by atoms with van der Waals surface area (Å²) < 4.78 is 13.4. The topological polar surface area (TPSA) is 78.4 Å². The lowest BCUT2D eigenvalue weighted by Gasteiger charge is -2.14. The van der Waals surface area contributed by atoms with Gasteiger partial charge in [-0.2, -0.15) is 0 Å². The number of para-hydroxylation sites is 1. The Morgan fingerprint density at radius 2 is 2.16 bits per heavy atom. The number of benzene rings is 1. The van der Waals surface area contributed by atoms with Gasteiger partial charge in [-0.25, -0.2) is 9.18 Å². The van der Waals surface area contributed by atoms with Gasteiger partial charge in [0, 0.05) is 12.5 Å². The van der Waals surface area contributed by atoms with E-state index < -0.39 is 17.8 Å². The molecule has 0 spiro atoms. The van der Waals surface area contributed by atoms with E-state index in [0.717, 1.165) is 0 Å². The van der Waals surface area contributed by atoms with Gasteiger partial charge in [-0.3, -0.25) is 4.79 Å². The molecule has 2 amide bonds. The van der Waals surface area contributed by atoms with Crippen LogP contribution >= 0.6 is 11.6 Å². The smallest absolute Gasteiger partial charge is 0.319 e. The van der Waals surface area contributed by atoms with Gasteiger partial charge in [-0.1, -0.05) is 17.7 Å². The molecule has 7 heteroatoms. The third kappa shape index (κ3) is 5.13. The molecule has 0 radical (unpaired) electrons. The van der Waals surface area contributed by atoms with Gasteiger partial charge >= 0.3 is 12.0 Å². The second kappa shape index (κ2) is 6.94. The summed E-state index contributed by atoms with van der Waals surface area (Å²) in [5, 5.41) is 13.4. The fourth-order valence-electron chi connectivity index (χ4n) is 1.40. The summed E-state index contributed by atoms with van der Waals surface area (Å²) in [6.45, 7) is 1.66. The fourth-order valence-corrected chi connectivity index (χ4v) is 1.61. The van der Waals surface area contributed by atoms with Crippen molar-refractivity contribution >= 4 is 29.3 Å². The maximum absolute atomic E-state index is 13.4. The van der Waals surface area contributed by atoms with E-state index in [9.17, 15) is 14.0 Å². The lowest BCUT2D eigenvalue weighted by molar-refractivity contribution is -0.137. The van der Waals surface area contributed by atoms with Gasteiger partial charge < -0.3 is 15.7 Å². The number of urea groups is 1. The minimum absolute atomic E-state index is 0.0537. The molecule has 1 atom stereocenters. The number of carboxylic acid groups (broad SMARTS) is 1. The van der Waals surface area contributed by atoms with Crippen molar-refractivity contribution in [3.8, 4) is 0 Å². The quantitative estimate of drug-likeness (QED) is 0.779. The molecular formula is C12H14ClFN2O3. The number of carbonyl (C=O) groups excluding carboxylic acids is 1. The minimum Gasteiger partial charge on any atom is -0.481 e. The van der Waals surface area contributed by atoms with Crippen LogP contribution < -0.4 is 10.6 Å². The minimum atomic E-state index is -0.939. The van der Waals surface area contributed by atoms with Crippen molar-refractivity contribution < 1.29 is 19.1 Å². The molecular weight excluding hydrogens is 275 g/mol. The second-order valence-electron chi connectivity index (χ2n) is 4.03. The first-order valence-electron chi connectivity index (χ1n) is 5.63. The van der Waals surface area contributed by atoms with Crippen LogP contribution in [0.25, 0.3) is 0 Å². The average Bonchev–Trinajstić information content (AvgIpc) is 2.31. The summed E-state index contributed by atoms with van der Waals surface area (Å²) in [6, 6.07) is 3.08. The Kier molecular flexibility index (Phi) is 5.57. The molecule has 1 unspecified atom stereocenters. The Hall–Kier alpha value is -1.82. The molecule has 0 heterocycles. The van der Waals surface area contributed by atoms with Crippen LogP contribution in [0.3, 0.4) is 0 Å². The van der Waals surface area contributed by atoms with Crippen LogP contribution in [-0.2, 0) is 4.79 Å². The highest BCUT2D eigenvalue weighted by Gasteiger charge is 2.13. The summed E-state index contributed by atoms with van der Waals surface area (Å²) in [4.78, 5) is 22.0. The van der Waals surface area contributed by atoms with E-state index in [1.54, 1.807) is 6.92 Å². The molecule has 0 aliphatic heterocycles. The molecule has 0 aromatic heterocycles. The standard InChI is InChI=1S/C12H14ClFN2O3/c1-7(5-6-10(17)18)15-12(19)16-11-8(13)3-2-4-9(11)14/h2-4,7H,5-6H2,1H3,(H,17,18)(H2,15,16,19). The van der Waals surface area contributed by atoms with Gasteiger partial charge in [0.2, 0.25) is 0 Å². The Bertz CT molecular complexity index is 462. The number of carbonyl (C=O) groups is 2. The van der Waals surface area contributed by atoms with Gasteiger partial charge in [0.15, 0.2) is 0 Å². The first-order chi connectivity index (χ1) is 8.90. The number of rotatable bonds is 5. The van der Waals surface area contributed by atoms with Crippen LogP contribution in [0.15, 0.2) is 18.2 Å². The number of anilines is 1. The SMILES string of the molecule is CC(CCC(=O)O)NC(=O)Nc1c(F)cccc1Cl. The van der Waals surface area contributed by atoms with Gasteiger partial charge in [0.05, 0.1) is 10.7 Å². The molecule has 1 aromatic rings. The average molecular weight is 289 g/mol. The van der Waals surface area contributed by atoms with Crippen LogP contribution in [0.2, 0.25) is 5.02 Å². The number of hydrogen-bond donors (Lipinski definition) is 3. The normalized spacial score (nSPS) is 11.7. The zero-order valence-corrected chi connectivity index (χ0v) is 11.0. The van der Waals surface area contributed by atoms with E-state index in [0.29, 0.717) is 0 Å². The first-order valence-corrected chi connectivity index (χ1v) is 6.01. The van der Waals surface area contributed by atoms with Crippen LogP contribution in [-0.4, -0.2) is 23.1 Å². The van der Waals surface area contributed by atoms with Crippen molar-refractivity contribution in [1.29, 1.82) is 0 Å². The fraction of sp³-hybridized carbons (Fsp3) is 0.333. The Morgan fingerprint density at radius 3 is 2.74 bits per heavy atom. The van der Waals surface area contributed by atoms with Crippen molar-refractivity contribution in [2.45, 2.75) is 25.8 Å². The molecule has 19 heavy (non-hydrogen) atoms. The molecule has 104 valence electrons. The van der Waals surface area contributed by atoms with Crippen molar-refractivity contribution in [2.75, 3.05) is 5.32 Å². The van der Waals surface area contributed by atoms with Crippen molar-refractivity contribution in [1.82, 2.24) is 5.32 Å². The molecule has 3 N–H and O–H groups in total. The van der Waals surface area contributed by atoms with Crippen LogP contribution in [0, 0.1) is 5.82 Å². The molecule has 5 nitrogen and oxygen atoms in total. The predicted molar refractivity (Wildman–Crippen MR) is 69.9 cm³/mol. The molecule has 0 bridgehead atoms. The van der Waals surface area contributed by atoms with Crippen LogP contribution in [0.4, 0.5) is 14.9 Å². The molecule has 0 aliphatic carbocycles. The van der Waals surface area contributed by atoms with Crippen molar-refractivity contribution in [2.24, 2.45) is 0 Å². The van der Waals surface area contributed by atoms with Gasteiger partial charge in [0.1, 0.15) is 5.82 Å². The molecule has 0 fully saturated rings. The molecule has 0 aliphatic rings. The molecule has 1 aromatic carbocycles. The summed E-state index contributed by atoms with van der Waals surface area (Å²) in [6.07, 6.45) is 0.232. The maximum atomic E-state index is 13.4. The maximum Gasteiger partial charge on any atom is 0.319 e. The number of halogens is 2. The zero-order valence-electron chi connectivity index (χ0n) is 10.2.